The van der Waals surface area contributed by atoms with Gasteiger partial charge in [-0.3, -0.25) is 4.79 Å². The summed E-state index contributed by atoms with van der Waals surface area (Å²) in [5.74, 6) is -1.40. The fourth-order valence-corrected chi connectivity index (χ4v) is 3.55. The number of carboxylic acids is 1. The minimum Gasteiger partial charge on any atom is -0.479 e. The number of ether oxygens (including phenoxy) is 1. The summed E-state index contributed by atoms with van der Waals surface area (Å²) in [5.41, 5.74) is 2.77. The Morgan fingerprint density at radius 2 is 1.81 bits per heavy atom. The maximum Gasteiger partial charge on any atom is 0.330 e. The first kappa shape index (κ1) is 18.9. The number of aryl methyl sites for hydroxylation is 1. The van der Waals surface area contributed by atoms with E-state index in [2.05, 4.69) is 5.32 Å². The van der Waals surface area contributed by atoms with Crippen LogP contribution < -0.4 is 5.32 Å². The van der Waals surface area contributed by atoms with E-state index in [1.807, 2.05) is 49.4 Å². The molecule has 0 spiro atoms. The molecule has 140 valence electrons. The number of rotatable bonds is 6. The Hall–Kier alpha value is -2.92. The van der Waals surface area contributed by atoms with E-state index in [-0.39, 0.29) is 18.7 Å². The Balaban J connectivity index is 1.91. The summed E-state index contributed by atoms with van der Waals surface area (Å²) in [6, 6.07) is 13.0. The number of hydrogen-bond donors (Lipinski definition) is 2. The maximum absolute atomic E-state index is 13.0. The van der Waals surface area contributed by atoms with Gasteiger partial charge in [0.25, 0.3) is 5.91 Å². The molecule has 0 aliphatic heterocycles. The number of nitrogens with one attached hydrogen (secondary N) is 1. The number of carbonyl (C=O) groups is 2. The van der Waals surface area contributed by atoms with Gasteiger partial charge in [-0.2, -0.15) is 0 Å². The molecule has 2 aromatic carbocycles. The Morgan fingerprint density at radius 1 is 1.15 bits per heavy atom. The number of carbonyl (C=O) groups excluding carboxylic acids is 1. The molecule has 1 aliphatic carbocycles. The van der Waals surface area contributed by atoms with Gasteiger partial charge in [-0.25, -0.2) is 4.79 Å². The van der Waals surface area contributed by atoms with Crippen LogP contribution in [0, 0.1) is 6.92 Å². The lowest BCUT2D eigenvalue weighted by Gasteiger charge is -2.26. The first-order valence-electron chi connectivity index (χ1n) is 8.84. The molecule has 0 saturated carbocycles. The van der Waals surface area contributed by atoms with E-state index in [4.69, 9.17) is 4.74 Å². The van der Waals surface area contributed by atoms with Crippen LogP contribution in [-0.4, -0.2) is 36.2 Å². The van der Waals surface area contributed by atoms with Crippen LogP contribution in [0.3, 0.4) is 0 Å². The number of amides is 1. The average molecular weight is 365 g/mol. The zero-order valence-electron chi connectivity index (χ0n) is 15.5. The van der Waals surface area contributed by atoms with Gasteiger partial charge in [0.15, 0.2) is 0 Å². The highest BCUT2D eigenvalue weighted by molar-refractivity contribution is 6.01. The molecule has 0 bridgehead atoms. The summed E-state index contributed by atoms with van der Waals surface area (Å²) >= 11 is 0. The third-order valence-corrected chi connectivity index (χ3v) is 4.98. The molecular weight excluding hydrogens is 342 g/mol. The first-order valence-corrected chi connectivity index (χ1v) is 8.84. The van der Waals surface area contributed by atoms with E-state index in [9.17, 15) is 14.7 Å². The largest absolute Gasteiger partial charge is 0.479 e. The molecule has 0 unspecified atom stereocenters. The van der Waals surface area contributed by atoms with Crippen molar-refractivity contribution in [3.63, 3.8) is 0 Å². The second-order valence-electron chi connectivity index (χ2n) is 6.86. The summed E-state index contributed by atoms with van der Waals surface area (Å²) in [7, 11) is 1.60. The SMILES string of the molecule is COCC=Cc1c(C)cccc1C(=O)NC1(C(=O)O)Cc2ccccc2C1. The molecule has 0 saturated heterocycles. The first-order chi connectivity index (χ1) is 13.0. The monoisotopic (exact) mass is 365 g/mol. The Labute approximate surface area is 158 Å². The van der Waals surface area contributed by atoms with Crippen molar-refractivity contribution in [3.8, 4) is 0 Å². The van der Waals surface area contributed by atoms with Crippen LogP contribution in [0.2, 0.25) is 0 Å². The standard InChI is InChI=1S/C22H23NO4/c1-15-7-5-10-19(18(15)11-6-12-27-2)20(24)23-22(21(25)26)13-16-8-3-4-9-17(16)14-22/h3-11H,12-14H2,1-2H3,(H,23,24)(H,25,26). The fourth-order valence-electron chi connectivity index (χ4n) is 3.55. The number of hydrogen-bond acceptors (Lipinski definition) is 3. The quantitative estimate of drug-likeness (QED) is 0.825. The zero-order chi connectivity index (χ0) is 19.4. The lowest BCUT2D eigenvalue weighted by Crippen LogP contribution is -2.55. The highest BCUT2D eigenvalue weighted by atomic mass is 16.5. The summed E-state index contributed by atoms with van der Waals surface area (Å²) in [4.78, 5) is 25.1. The molecule has 0 fully saturated rings. The van der Waals surface area contributed by atoms with Gasteiger partial charge in [0.2, 0.25) is 0 Å². The van der Waals surface area contributed by atoms with Gasteiger partial charge in [-0.1, -0.05) is 48.6 Å². The highest BCUT2D eigenvalue weighted by Gasteiger charge is 2.45. The van der Waals surface area contributed by atoms with E-state index in [0.717, 1.165) is 22.3 Å². The minimum atomic E-state index is -1.32. The van der Waals surface area contributed by atoms with E-state index in [1.165, 1.54) is 0 Å². The topological polar surface area (TPSA) is 75.6 Å². The van der Waals surface area contributed by atoms with Crippen LogP contribution in [0.4, 0.5) is 0 Å². The Morgan fingerprint density at radius 3 is 2.41 bits per heavy atom. The number of methoxy groups -OCH3 is 1. The van der Waals surface area contributed by atoms with E-state index >= 15 is 0 Å². The van der Waals surface area contributed by atoms with Crippen LogP contribution in [0.5, 0.6) is 0 Å². The van der Waals surface area contributed by atoms with Gasteiger partial charge in [0.1, 0.15) is 5.54 Å². The van der Waals surface area contributed by atoms with Crippen LogP contribution in [0.15, 0.2) is 48.5 Å². The van der Waals surface area contributed by atoms with Gasteiger partial charge in [-0.15, -0.1) is 0 Å². The van der Waals surface area contributed by atoms with Crippen molar-refractivity contribution >= 4 is 18.0 Å². The highest BCUT2D eigenvalue weighted by Crippen LogP contribution is 2.31. The smallest absolute Gasteiger partial charge is 0.330 e. The molecule has 0 radical (unpaired) electrons. The molecule has 5 heteroatoms. The average Bonchev–Trinajstić information content (AvgIpc) is 3.02. The molecule has 0 heterocycles. The molecule has 2 N–H and O–H groups in total. The van der Waals surface area contributed by atoms with Crippen LogP contribution >= 0.6 is 0 Å². The third kappa shape index (κ3) is 3.78. The number of aliphatic carboxylic acids is 1. The van der Waals surface area contributed by atoms with Crippen molar-refractivity contribution in [3.05, 3.63) is 76.4 Å². The molecule has 0 aromatic heterocycles. The fraction of sp³-hybridized carbons (Fsp3) is 0.273. The van der Waals surface area contributed by atoms with Gasteiger partial charge < -0.3 is 15.2 Å². The van der Waals surface area contributed by atoms with E-state index in [1.54, 1.807) is 19.2 Å². The lowest BCUT2D eigenvalue weighted by molar-refractivity contribution is -0.144. The summed E-state index contributed by atoms with van der Waals surface area (Å²) in [6.45, 7) is 2.35. The summed E-state index contributed by atoms with van der Waals surface area (Å²) in [6.07, 6.45) is 4.23. The lowest BCUT2D eigenvalue weighted by atomic mass is 9.94. The zero-order valence-corrected chi connectivity index (χ0v) is 15.5. The third-order valence-electron chi connectivity index (χ3n) is 4.98. The molecule has 5 nitrogen and oxygen atoms in total. The summed E-state index contributed by atoms with van der Waals surface area (Å²) < 4.78 is 5.03. The van der Waals surface area contributed by atoms with Crippen LogP contribution in [0.1, 0.15) is 32.6 Å². The van der Waals surface area contributed by atoms with Crippen molar-refractivity contribution < 1.29 is 19.4 Å². The second kappa shape index (κ2) is 7.76. The van der Waals surface area contributed by atoms with Gasteiger partial charge in [-0.05, 0) is 35.2 Å². The van der Waals surface area contributed by atoms with Crippen molar-refractivity contribution in [2.45, 2.75) is 25.3 Å². The van der Waals surface area contributed by atoms with Crippen LogP contribution in [0.25, 0.3) is 6.08 Å². The van der Waals surface area contributed by atoms with Gasteiger partial charge in [0.05, 0.1) is 6.61 Å². The predicted octanol–water partition coefficient (Wildman–Crippen LogP) is 3.01. The Kier molecular flexibility index (Phi) is 5.42. The summed E-state index contributed by atoms with van der Waals surface area (Å²) in [5, 5.41) is 12.7. The second-order valence-corrected chi connectivity index (χ2v) is 6.86. The van der Waals surface area contributed by atoms with E-state index < -0.39 is 11.5 Å². The van der Waals surface area contributed by atoms with Crippen molar-refractivity contribution in [2.75, 3.05) is 13.7 Å². The Bertz CT molecular complexity index is 876. The van der Waals surface area contributed by atoms with Crippen LogP contribution in [-0.2, 0) is 22.4 Å². The van der Waals surface area contributed by atoms with Gasteiger partial charge >= 0.3 is 5.97 Å². The van der Waals surface area contributed by atoms with E-state index in [0.29, 0.717) is 12.2 Å². The molecule has 3 rings (SSSR count). The number of benzene rings is 2. The normalized spacial score (nSPS) is 14.9. The maximum atomic E-state index is 13.0. The number of carboxylic acid groups (broad SMARTS) is 1. The van der Waals surface area contributed by atoms with Gasteiger partial charge in [0, 0.05) is 25.5 Å². The van der Waals surface area contributed by atoms with Crippen molar-refractivity contribution in [2.24, 2.45) is 0 Å². The van der Waals surface area contributed by atoms with Crippen molar-refractivity contribution in [1.82, 2.24) is 5.32 Å². The molecule has 2 aromatic rings. The predicted molar refractivity (Wildman–Crippen MR) is 104 cm³/mol. The molecular formula is C22H23NO4. The molecule has 1 amide bonds. The molecule has 0 atom stereocenters. The number of fused-ring (bicyclic) bond motifs is 1. The molecule has 1 aliphatic rings. The minimum absolute atomic E-state index is 0.283. The van der Waals surface area contributed by atoms with Crippen molar-refractivity contribution in [1.29, 1.82) is 0 Å². The molecule has 27 heavy (non-hydrogen) atoms.